The summed E-state index contributed by atoms with van der Waals surface area (Å²) in [5.74, 6) is 0.644. The maximum Gasteiger partial charge on any atom is 0.126 e. The topological polar surface area (TPSA) is 9.23 Å². The van der Waals surface area contributed by atoms with Crippen LogP contribution in [0, 0.1) is 5.82 Å². The zero-order valence-electron chi connectivity index (χ0n) is 10.1. The fourth-order valence-electron chi connectivity index (χ4n) is 1.81. The highest BCUT2D eigenvalue weighted by Gasteiger charge is 2.05. The van der Waals surface area contributed by atoms with E-state index in [0.29, 0.717) is 18.6 Å². The fraction of sp³-hybridized carbons (Fsp3) is 0.200. The summed E-state index contributed by atoms with van der Waals surface area (Å²) in [6, 6.07) is 12.7. The fourth-order valence-corrected chi connectivity index (χ4v) is 2.22. The van der Waals surface area contributed by atoms with E-state index >= 15 is 0 Å². The highest BCUT2D eigenvalue weighted by Crippen LogP contribution is 2.21. The van der Waals surface area contributed by atoms with Gasteiger partial charge in [-0.25, -0.2) is 4.39 Å². The van der Waals surface area contributed by atoms with E-state index in [4.69, 9.17) is 4.74 Å². The monoisotopic (exact) mass is 308 g/mol. The van der Waals surface area contributed by atoms with E-state index in [-0.39, 0.29) is 5.82 Å². The molecule has 0 aliphatic rings. The van der Waals surface area contributed by atoms with Gasteiger partial charge in [-0.1, -0.05) is 28.1 Å². The van der Waals surface area contributed by atoms with Crippen molar-refractivity contribution in [2.75, 3.05) is 6.61 Å². The second kappa shape index (κ2) is 6.01. The lowest BCUT2D eigenvalue weighted by Crippen LogP contribution is -1.95. The van der Waals surface area contributed by atoms with Crippen LogP contribution in [0.3, 0.4) is 0 Å². The summed E-state index contributed by atoms with van der Waals surface area (Å²) in [5, 5.41) is 0. The van der Waals surface area contributed by atoms with Crippen molar-refractivity contribution in [3.63, 3.8) is 0 Å². The van der Waals surface area contributed by atoms with Crippen molar-refractivity contribution in [3.8, 4) is 5.75 Å². The molecule has 0 bridgehead atoms. The van der Waals surface area contributed by atoms with Gasteiger partial charge in [0.15, 0.2) is 0 Å². The lowest BCUT2D eigenvalue weighted by Gasteiger charge is -2.07. The van der Waals surface area contributed by atoms with E-state index in [1.807, 2.05) is 37.3 Å². The zero-order valence-corrected chi connectivity index (χ0v) is 11.7. The molecular formula is C15H14BrFO. The highest BCUT2D eigenvalue weighted by molar-refractivity contribution is 9.10. The van der Waals surface area contributed by atoms with Crippen LogP contribution in [-0.2, 0) is 6.42 Å². The minimum Gasteiger partial charge on any atom is -0.494 e. The van der Waals surface area contributed by atoms with Gasteiger partial charge < -0.3 is 4.74 Å². The molecule has 2 rings (SSSR count). The molecule has 0 aromatic heterocycles. The van der Waals surface area contributed by atoms with Gasteiger partial charge in [0.1, 0.15) is 11.6 Å². The van der Waals surface area contributed by atoms with Crippen molar-refractivity contribution in [1.29, 1.82) is 0 Å². The minimum absolute atomic E-state index is 0.181. The first-order chi connectivity index (χ1) is 8.69. The van der Waals surface area contributed by atoms with Crippen molar-refractivity contribution in [1.82, 2.24) is 0 Å². The highest BCUT2D eigenvalue weighted by atomic mass is 79.9. The molecule has 0 saturated carbocycles. The first kappa shape index (κ1) is 13.1. The number of ether oxygens (including phenoxy) is 1. The number of halogens is 2. The third kappa shape index (κ3) is 3.33. The number of hydrogen-bond donors (Lipinski definition) is 0. The van der Waals surface area contributed by atoms with Crippen molar-refractivity contribution in [2.45, 2.75) is 13.3 Å². The molecule has 0 saturated heterocycles. The molecule has 0 N–H and O–H groups in total. The van der Waals surface area contributed by atoms with Crippen LogP contribution in [0.4, 0.5) is 4.39 Å². The number of rotatable bonds is 4. The first-order valence-electron chi connectivity index (χ1n) is 5.84. The summed E-state index contributed by atoms with van der Waals surface area (Å²) in [7, 11) is 0. The van der Waals surface area contributed by atoms with Gasteiger partial charge in [0.2, 0.25) is 0 Å². The van der Waals surface area contributed by atoms with Crippen molar-refractivity contribution < 1.29 is 9.13 Å². The Hall–Kier alpha value is -1.35. The summed E-state index contributed by atoms with van der Waals surface area (Å²) < 4.78 is 20.0. The summed E-state index contributed by atoms with van der Waals surface area (Å²) in [4.78, 5) is 0. The predicted molar refractivity (Wildman–Crippen MR) is 74.5 cm³/mol. The minimum atomic E-state index is -0.181. The van der Waals surface area contributed by atoms with Gasteiger partial charge in [-0.3, -0.25) is 0 Å². The lowest BCUT2D eigenvalue weighted by atomic mass is 10.0. The van der Waals surface area contributed by atoms with Gasteiger partial charge in [0.25, 0.3) is 0 Å². The van der Waals surface area contributed by atoms with Crippen LogP contribution in [-0.4, -0.2) is 6.61 Å². The molecule has 0 aliphatic heterocycles. The van der Waals surface area contributed by atoms with Crippen LogP contribution in [0.5, 0.6) is 5.75 Å². The maximum atomic E-state index is 13.7. The SMILES string of the molecule is CCOc1cccc(Cc2cc(Br)ccc2F)c1. The van der Waals surface area contributed by atoms with E-state index in [9.17, 15) is 4.39 Å². The lowest BCUT2D eigenvalue weighted by molar-refractivity contribution is 0.340. The molecule has 18 heavy (non-hydrogen) atoms. The zero-order chi connectivity index (χ0) is 13.0. The normalized spacial score (nSPS) is 10.4. The quantitative estimate of drug-likeness (QED) is 0.803. The molecule has 0 heterocycles. The third-order valence-corrected chi connectivity index (χ3v) is 3.11. The Morgan fingerprint density at radius 3 is 2.78 bits per heavy atom. The smallest absolute Gasteiger partial charge is 0.126 e. The molecule has 3 heteroatoms. The van der Waals surface area contributed by atoms with Crippen LogP contribution in [0.1, 0.15) is 18.1 Å². The van der Waals surface area contributed by atoms with Crippen molar-refractivity contribution in [2.24, 2.45) is 0 Å². The average molecular weight is 309 g/mol. The van der Waals surface area contributed by atoms with Gasteiger partial charge in [-0.15, -0.1) is 0 Å². The Morgan fingerprint density at radius 2 is 2.00 bits per heavy atom. The Morgan fingerprint density at radius 1 is 1.17 bits per heavy atom. The molecule has 0 unspecified atom stereocenters. The van der Waals surface area contributed by atoms with Crippen LogP contribution >= 0.6 is 15.9 Å². The van der Waals surface area contributed by atoms with E-state index in [2.05, 4.69) is 15.9 Å². The predicted octanol–water partition coefficient (Wildman–Crippen LogP) is 4.58. The molecule has 1 nitrogen and oxygen atoms in total. The third-order valence-electron chi connectivity index (χ3n) is 2.61. The van der Waals surface area contributed by atoms with Crippen LogP contribution in [0.25, 0.3) is 0 Å². The van der Waals surface area contributed by atoms with E-state index in [1.54, 1.807) is 6.07 Å². The molecule has 2 aromatic rings. The van der Waals surface area contributed by atoms with Crippen LogP contribution in [0.15, 0.2) is 46.9 Å². The van der Waals surface area contributed by atoms with Gasteiger partial charge >= 0.3 is 0 Å². The molecule has 0 fully saturated rings. The number of hydrogen-bond acceptors (Lipinski definition) is 1. The van der Waals surface area contributed by atoms with Crippen LogP contribution < -0.4 is 4.74 Å². The van der Waals surface area contributed by atoms with Gasteiger partial charge in [0.05, 0.1) is 6.61 Å². The first-order valence-corrected chi connectivity index (χ1v) is 6.64. The molecule has 2 aromatic carbocycles. The number of benzene rings is 2. The summed E-state index contributed by atoms with van der Waals surface area (Å²) in [6.45, 7) is 2.58. The van der Waals surface area contributed by atoms with Gasteiger partial charge in [-0.2, -0.15) is 0 Å². The Kier molecular flexibility index (Phi) is 4.37. The van der Waals surface area contributed by atoms with E-state index < -0.39 is 0 Å². The Labute approximate surface area is 115 Å². The molecule has 0 radical (unpaired) electrons. The summed E-state index contributed by atoms with van der Waals surface area (Å²) in [6.07, 6.45) is 0.562. The van der Waals surface area contributed by atoms with Crippen molar-refractivity contribution >= 4 is 15.9 Å². The van der Waals surface area contributed by atoms with Gasteiger partial charge in [-0.05, 0) is 48.4 Å². The standard InChI is InChI=1S/C15H14BrFO/c1-2-18-14-5-3-4-11(9-14)8-12-10-13(16)6-7-15(12)17/h3-7,9-10H,2,8H2,1H3. The summed E-state index contributed by atoms with van der Waals surface area (Å²) >= 11 is 3.36. The summed E-state index contributed by atoms with van der Waals surface area (Å²) in [5.41, 5.74) is 1.72. The Balaban J connectivity index is 2.22. The Bertz CT molecular complexity index is 540. The molecule has 0 spiro atoms. The largest absolute Gasteiger partial charge is 0.494 e. The second-order valence-corrected chi connectivity index (χ2v) is 4.91. The molecule has 0 amide bonds. The van der Waals surface area contributed by atoms with Gasteiger partial charge in [0, 0.05) is 10.9 Å². The van der Waals surface area contributed by atoms with Crippen LogP contribution in [0.2, 0.25) is 0 Å². The molecular weight excluding hydrogens is 295 g/mol. The van der Waals surface area contributed by atoms with E-state index in [1.165, 1.54) is 6.07 Å². The molecule has 0 aliphatic carbocycles. The molecule has 0 atom stereocenters. The second-order valence-electron chi connectivity index (χ2n) is 3.99. The van der Waals surface area contributed by atoms with E-state index in [0.717, 1.165) is 15.8 Å². The molecule has 94 valence electrons. The average Bonchev–Trinajstić information content (AvgIpc) is 2.35. The maximum absolute atomic E-state index is 13.7. The van der Waals surface area contributed by atoms with Crippen molar-refractivity contribution in [3.05, 3.63) is 63.9 Å².